The number of nitrogens with one attached hydrogen (secondary N) is 1. The van der Waals surface area contributed by atoms with Crippen LogP contribution in [-0.2, 0) is 14.8 Å². The van der Waals surface area contributed by atoms with Gasteiger partial charge in [-0.15, -0.1) is 0 Å². The summed E-state index contributed by atoms with van der Waals surface area (Å²) < 4.78 is 30.9. The number of aromatic nitrogens is 1. The highest BCUT2D eigenvalue weighted by molar-refractivity contribution is 9.10. The number of hydrogen-bond donors (Lipinski definition) is 1. The van der Waals surface area contributed by atoms with Crippen molar-refractivity contribution in [2.24, 2.45) is 5.10 Å². The number of aryl methyl sites for hydroxylation is 3. The van der Waals surface area contributed by atoms with E-state index in [1.54, 1.807) is 42.6 Å². The Morgan fingerprint density at radius 2 is 1.58 bits per heavy atom. The van der Waals surface area contributed by atoms with E-state index in [1.807, 2.05) is 33.8 Å². The molecule has 0 aliphatic heterocycles. The predicted octanol–water partition coefficient (Wildman–Crippen LogP) is 5.82. The summed E-state index contributed by atoms with van der Waals surface area (Å²) in [6.45, 7) is 7.48. The van der Waals surface area contributed by atoms with E-state index in [2.05, 4.69) is 55.3 Å². The third kappa shape index (κ3) is 6.06. The fraction of sp³-hybridized carbons (Fsp3) is 0.172. The van der Waals surface area contributed by atoms with Crippen molar-refractivity contribution < 1.29 is 13.2 Å². The lowest BCUT2D eigenvalue weighted by Gasteiger charge is -2.24. The van der Waals surface area contributed by atoms with E-state index in [9.17, 15) is 13.2 Å². The molecule has 0 aliphatic rings. The van der Waals surface area contributed by atoms with E-state index in [4.69, 9.17) is 0 Å². The number of halogens is 1. The second-order valence-corrected chi connectivity index (χ2v) is 11.9. The summed E-state index contributed by atoms with van der Waals surface area (Å²) in [7, 11) is -4.01. The molecule has 9 heteroatoms. The molecule has 0 atom stereocenters. The SMILES string of the molecule is Cc1ccc(-n2c(C)cc(/C=N\NC(=O)CN(c3cccc(Br)c3)S(=O)(=O)c3ccc(C)cc3)c2C)cc1. The van der Waals surface area contributed by atoms with Crippen molar-refractivity contribution in [3.05, 3.63) is 111 Å². The number of benzene rings is 3. The van der Waals surface area contributed by atoms with Gasteiger partial charge in [0.25, 0.3) is 15.9 Å². The minimum Gasteiger partial charge on any atom is -0.318 e. The first-order valence-corrected chi connectivity index (χ1v) is 14.2. The highest BCUT2D eigenvalue weighted by atomic mass is 79.9. The molecule has 38 heavy (non-hydrogen) atoms. The third-order valence-electron chi connectivity index (χ3n) is 6.15. The Hall–Kier alpha value is -3.69. The van der Waals surface area contributed by atoms with Gasteiger partial charge in [-0.2, -0.15) is 5.10 Å². The van der Waals surface area contributed by atoms with E-state index < -0.39 is 22.5 Å². The van der Waals surface area contributed by atoms with Gasteiger partial charge in [-0.1, -0.05) is 57.4 Å². The molecule has 7 nitrogen and oxygen atoms in total. The highest BCUT2D eigenvalue weighted by Crippen LogP contribution is 2.26. The standard InChI is InChI=1S/C29H29BrN4O3S/c1-20-8-12-26(13-9-20)34-22(3)16-24(23(34)4)18-31-32-29(35)19-33(27-7-5-6-25(30)17-27)38(36,37)28-14-10-21(2)11-15-28/h5-18H,19H2,1-4H3,(H,32,35)/b31-18-. The number of carbonyl (C=O) groups excluding carboxylic acids is 1. The average molecular weight is 594 g/mol. The lowest BCUT2D eigenvalue weighted by atomic mass is 10.2. The number of sulfonamides is 1. The van der Waals surface area contributed by atoms with Crippen LogP contribution in [0.5, 0.6) is 0 Å². The van der Waals surface area contributed by atoms with Crippen molar-refractivity contribution in [1.29, 1.82) is 0 Å². The number of nitrogens with zero attached hydrogens (tertiary/aromatic N) is 3. The zero-order valence-corrected chi connectivity index (χ0v) is 24.0. The molecule has 0 saturated heterocycles. The Kier molecular flexibility index (Phi) is 8.18. The number of amides is 1. The Morgan fingerprint density at radius 1 is 0.947 bits per heavy atom. The predicted molar refractivity (Wildman–Crippen MR) is 156 cm³/mol. The quantitative estimate of drug-likeness (QED) is 0.207. The Labute approximate surface area is 232 Å². The molecule has 4 aromatic rings. The van der Waals surface area contributed by atoms with E-state index in [1.165, 1.54) is 17.7 Å². The second kappa shape index (κ2) is 11.4. The molecule has 196 valence electrons. The smallest absolute Gasteiger partial charge is 0.264 e. The first kappa shape index (κ1) is 27.3. The third-order valence-corrected chi connectivity index (χ3v) is 8.43. The fourth-order valence-corrected chi connectivity index (χ4v) is 5.93. The van der Waals surface area contributed by atoms with Crippen LogP contribution in [0.25, 0.3) is 5.69 Å². The van der Waals surface area contributed by atoms with E-state index in [0.29, 0.717) is 10.2 Å². The minimum atomic E-state index is -4.01. The normalized spacial score (nSPS) is 11.6. The van der Waals surface area contributed by atoms with Gasteiger partial charge in [-0.05, 0) is 76.2 Å². The number of hydrogen-bond acceptors (Lipinski definition) is 4. The molecule has 0 fully saturated rings. The van der Waals surface area contributed by atoms with Crippen LogP contribution in [0, 0.1) is 27.7 Å². The van der Waals surface area contributed by atoms with Gasteiger partial charge in [-0.25, -0.2) is 13.8 Å². The van der Waals surface area contributed by atoms with E-state index >= 15 is 0 Å². The molecule has 4 rings (SSSR count). The van der Waals surface area contributed by atoms with Crippen LogP contribution in [0.4, 0.5) is 5.69 Å². The zero-order chi connectivity index (χ0) is 27.4. The number of anilines is 1. The van der Waals surface area contributed by atoms with Gasteiger partial charge in [0.2, 0.25) is 0 Å². The fourth-order valence-electron chi connectivity index (χ4n) is 4.13. The van der Waals surface area contributed by atoms with E-state index in [-0.39, 0.29) is 4.90 Å². The van der Waals surface area contributed by atoms with Crippen molar-refractivity contribution in [3.63, 3.8) is 0 Å². The molecule has 0 radical (unpaired) electrons. The van der Waals surface area contributed by atoms with Gasteiger partial charge in [0.1, 0.15) is 6.54 Å². The summed E-state index contributed by atoms with van der Waals surface area (Å²) in [5, 5.41) is 4.13. The minimum absolute atomic E-state index is 0.0999. The summed E-state index contributed by atoms with van der Waals surface area (Å²) in [6, 6.07) is 23.6. The Morgan fingerprint density at radius 3 is 2.21 bits per heavy atom. The van der Waals surface area contributed by atoms with Crippen molar-refractivity contribution >= 4 is 43.8 Å². The molecule has 0 saturated carbocycles. The van der Waals surface area contributed by atoms with Gasteiger partial charge in [0.15, 0.2) is 0 Å². The molecule has 3 aromatic carbocycles. The zero-order valence-electron chi connectivity index (χ0n) is 21.6. The number of carbonyl (C=O) groups is 1. The largest absolute Gasteiger partial charge is 0.318 e. The van der Waals surface area contributed by atoms with Gasteiger partial charge < -0.3 is 4.57 Å². The Balaban J connectivity index is 1.55. The van der Waals surface area contributed by atoms with Crippen molar-refractivity contribution in [2.75, 3.05) is 10.8 Å². The van der Waals surface area contributed by atoms with Crippen LogP contribution in [0.2, 0.25) is 0 Å². The molecule has 1 aromatic heterocycles. The van der Waals surface area contributed by atoms with Gasteiger partial charge >= 0.3 is 0 Å². The molecule has 0 bridgehead atoms. The van der Waals surface area contributed by atoms with Gasteiger partial charge in [-0.3, -0.25) is 9.10 Å². The van der Waals surface area contributed by atoms with Crippen molar-refractivity contribution in [1.82, 2.24) is 9.99 Å². The summed E-state index contributed by atoms with van der Waals surface area (Å²) in [5.41, 5.74) is 8.86. The van der Waals surface area contributed by atoms with Crippen LogP contribution < -0.4 is 9.73 Å². The first-order chi connectivity index (χ1) is 18.1. The topological polar surface area (TPSA) is 83.8 Å². The highest BCUT2D eigenvalue weighted by Gasteiger charge is 2.27. The maximum Gasteiger partial charge on any atom is 0.264 e. The molecule has 1 heterocycles. The summed E-state index contributed by atoms with van der Waals surface area (Å²) in [5.74, 6) is -0.566. The number of hydrazone groups is 1. The van der Waals surface area contributed by atoms with Crippen LogP contribution in [0.3, 0.4) is 0 Å². The molecule has 0 aliphatic carbocycles. The maximum atomic E-state index is 13.5. The molecule has 1 N–H and O–H groups in total. The van der Waals surface area contributed by atoms with Crippen LogP contribution in [0.15, 0.2) is 93.3 Å². The number of rotatable bonds is 8. The van der Waals surface area contributed by atoms with Crippen LogP contribution in [-0.4, -0.2) is 31.7 Å². The maximum absolute atomic E-state index is 13.5. The van der Waals surface area contributed by atoms with Crippen molar-refractivity contribution in [3.8, 4) is 5.69 Å². The average Bonchev–Trinajstić information content (AvgIpc) is 3.16. The molecule has 0 unspecified atom stereocenters. The van der Waals surface area contributed by atoms with Crippen molar-refractivity contribution in [2.45, 2.75) is 32.6 Å². The van der Waals surface area contributed by atoms with Crippen LogP contribution >= 0.6 is 15.9 Å². The van der Waals surface area contributed by atoms with E-state index in [0.717, 1.165) is 32.5 Å². The molecule has 1 amide bonds. The first-order valence-electron chi connectivity index (χ1n) is 12.0. The lowest BCUT2D eigenvalue weighted by Crippen LogP contribution is -2.39. The lowest BCUT2D eigenvalue weighted by molar-refractivity contribution is -0.119. The van der Waals surface area contributed by atoms with Gasteiger partial charge in [0.05, 0.1) is 16.8 Å². The van der Waals surface area contributed by atoms with Gasteiger partial charge in [0, 0.05) is 27.1 Å². The summed E-state index contributed by atoms with van der Waals surface area (Å²) >= 11 is 3.38. The molecule has 0 spiro atoms. The molecular formula is C29H29BrN4O3S. The monoisotopic (exact) mass is 592 g/mol. The van der Waals surface area contributed by atoms with Crippen LogP contribution in [0.1, 0.15) is 28.1 Å². The summed E-state index contributed by atoms with van der Waals surface area (Å²) in [6.07, 6.45) is 1.57. The summed E-state index contributed by atoms with van der Waals surface area (Å²) in [4.78, 5) is 13.0. The second-order valence-electron chi connectivity index (χ2n) is 9.10. The molecular weight excluding hydrogens is 564 g/mol. The Bertz CT molecular complexity index is 1590.